The number of thiazole rings is 1. The van der Waals surface area contributed by atoms with Gasteiger partial charge < -0.3 is 15.2 Å². The number of hydrogen-bond donors (Lipinski definition) is 2. The van der Waals surface area contributed by atoms with E-state index < -0.39 is 18.2 Å². The molecule has 5 aromatic rings. The SMILES string of the molecule is CC(=O)N(C)c1nc2ccc(CN(Cc3ccccn3)CC(O)C(Cc3ccccc3)NC(=O)OCc3c(C)cccc3C)cc2s1.S. The van der Waals surface area contributed by atoms with Gasteiger partial charge in [0.15, 0.2) is 5.13 Å². The molecule has 0 fully saturated rings. The van der Waals surface area contributed by atoms with Gasteiger partial charge in [-0.15, -0.1) is 0 Å². The van der Waals surface area contributed by atoms with Gasteiger partial charge in [0.1, 0.15) is 6.61 Å². The Kier molecular flexibility index (Phi) is 13.1. The summed E-state index contributed by atoms with van der Waals surface area (Å²) in [7, 11) is 1.72. The van der Waals surface area contributed by atoms with Crippen LogP contribution in [0, 0.1) is 13.8 Å². The molecule has 0 aliphatic heterocycles. The van der Waals surface area contributed by atoms with Gasteiger partial charge >= 0.3 is 6.09 Å². The number of pyridine rings is 1. The Morgan fingerprint density at radius 3 is 2.35 bits per heavy atom. The monoisotopic (exact) mass is 685 g/mol. The highest BCUT2D eigenvalue weighted by Gasteiger charge is 2.26. The highest BCUT2D eigenvalue weighted by Crippen LogP contribution is 2.29. The number of hydrogen-bond acceptors (Lipinski definition) is 8. The second kappa shape index (κ2) is 17.2. The number of nitrogens with zero attached hydrogens (tertiary/aromatic N) is 4. The highest BCUT2D eigenvalue weighted by atomic mass is 32.1. The van der Waals surface area contributed by atoms with Crippen molar-refractivity contribution in [2.75, 3.05) is 18.5 Å². The summed E-state index contributed by atoms with van der Waals surface area (Å²) in [5.41, 5.74) is 6.80. The Morgan fingerprint density at radius 1 is 0.938 bits per heavy atom. The number of carbonyl (C=O) groups excluding carboxylic acids is 2. The van der Waals surface area contributed by atoms with Gasteiger partial charge in [-0.05, 0) is 72.4 Å². The lowest BCUT2D eigenvalue weighted by molar-refractivity contribution is -0.116. The van der Waals surface area contributed by atoms with Crippen LogP contribution in [0.1, 0.15) is 40.4 Å². The Morgan fingerprint density at radius 2 is 1.67 bits per heavy atom. The fourth-order valence-electron chi connectivity index (χ4n) is 5.45. The van der Waals surface area contributed by atoms with Crippen LogP contribution in [0.5, 0.6) is 0 Å². The molecular weight excluding hydrogens is 643 g/mol. The van der Waals surface area contributed by atoms with Crippen LogP contribution in [-0.2, 0) is 35.6 Å². The molecule has 0 aliphatic rings. The van der Waals surface area contributed by atoms with Crippen molar-refractivity contribution in [3.8, 4) is 0 Å². The van der Waals surface area contributed by atoms with E-state index in [1.54, 1.807) is 18.1 Å². The van der Waals surface area contributed by atoms with Crippen LogP contribution in [0.25, 0.3) is 10.2 Å². The second-order valence-corrected chi connectivity index (χ2v) is 12.8. The number of ether oxygens (including phenoxy) is 1. The maximum atomic E-state index is 13.1. The van der Waals surface area contributed by atoms with Crippen molar-refractivity contribution in [1.29, 1.82) is 0 Å². The molecular formula is C37H43N5O4S2. The van der Waals surface area contributed by atoms with Crippen LogP contribution >= 0.6 is 24.8 Å². The Balaban J connectivity index is 0.00000520. The number of aryl methyl sites for hydroxylation is 2. The molecule has 0 saturated heterocycles. The molecule has 5 rings (SSSR count). The zero-order chi connectivity index (χ0) is 33.3. The van der Waals surface area contributed by atoms with E-state index in [1.165, 1.54) is 18.3 Å². The molecule has 0 saturated carbocycles. The molecule has 0 radical (unpaired) electrons. The van der Waals surface area contributed by atoms with Crippen molar-refractivity contribution in [3.05, 3.63) is 125 Å². The smallest absolute Gasteiger partial charge is 0.407 e. The quantitative estimate of drug-likeness (QED) is 0.150. The predicted molar refractivity (Wildman–Crippen MR) is 197 cm³/mol. The van der Waals surface area contributed by atoms with E-state index >= 15 is 0 Å². The minimum atomic E-state index is -0.922. The predicted octanol–water partition coefficient (Wildman–Crippen LogP) is 6.30. The number of rotatable bonds is 13. The van der Waals surface area contributed by atoms with Crippen molar-refractivity contribution >= 4 is 52.2 Å². The number of benzene rings is 3. The zero-order valence-electron chi connectivity index (χ0n) is 27.7. The van der Waals surface area contributed by atoms with Gasteiger partial charge in [-0.2, -0.15) is 13.5 Å². The molecule has 2 atom stereocenters. The van der Waals surface area contributed by atoms with Crippen LogP contribution in [-0.4, -0.2) is 57.7 Å². The highest BCUT2D eigenvalue weighted by molar-refractivity contribution is 7.59. The molecule has 2 aromatic heterocycles. The lowest BCUT2D eigenvalue weighted by Gasteiger charge is -2.30. The number of carbonyl (C=O) groups is 2. The number of aliphatic hydroxyl groups excluding tert-OH is 1. The van der Waals surface area contributed by atoms with Crippen molar-refractivity contribution in [2.24, 2.45) is 0 Å². The molecule has 48 heavy (non-hydrogen) atoms. The fraction of sp³-hybridized carbons (Fsp3) is 0.297. The average molecular weight is 686 g/mol. The first-order valence-corrected chi connectivity index (χ1v) is 16.4. The third-order valence-electron chi connectivity index (χ3n) is 8.22. The third kappa shape index (κ3) is 9.86. The summed E-state index contributed by atoms with van der Waals surface area (Å²) < 4.78 is 6.64. The van der Waals surface area contributed by atoms with Gasteiger partial charge in [0.2, 0.25) is 5.91 Å². The van der Waals surface area contributed by atoms with E-state index in [2.05, 4.69) is 26.3 Å². The Bertz CT molecular complexity index is 1780. The maximum absolute atomic E-state index is 13.1. The lowest BCUT2D eigenvalue weighted by Crippen LogP contribution is -2.49. The molecule has 0 spiro atoms. The molecule has 3 aromatic carbocycles. The minimum absolute atomic E-state index is 0. The number of alkyl carbamates (subject to hydrolysis) is 1. The summed E-state index contributed by atoms with van der Waals surface area (Å²) in [6.45, 7) is 6.94. The van der Waals surface area contributed by atoms with Crippen LogP contribution in [0.4, 0.5) is 9.93 Å². The summed E-state index contributed by atoms with van der Waals surface area (Å²) >= 11 is 1.46. The standard InChI is InChI=1S/C37H41N5O4S.H2S/c1-25-11-10-12-26(2)31(25)24-46-37(45)40-33(19-28-13-6-5-7-14-28)34(44)23-42(22-30-15-8-9-18-38-30)21-29-16-17-32-35(20-29)47-36(39-32)41(4)27(3)43;/h5-18,20,33-34,44H,19,21-24H2,1-4H3,(H,40,45);1H2. The number of anilines is 1. The molecule has 11 heteroatoms. The fourth-order valence-corrected chi connectivity index (χ4v) is 6.48. The first kappa shape index (κ1) is 36.5. The van der Waals surface area contributed by atoms with Crippen molar-refractivity contribution < 1.29 is 19.4 Å². The van der Waals surface area contributed by atoms with Gasteiger partial charge in [0.25, 0.3) is 0 Å². The Hall–Kier alpha value is -4.29. The van der Waals surface area contributed by atoms with E-state index in [9.17, 15) is 14.7 Å². The van der Waals surface area contributed by atoms with E-state index in [-0.39, 0.29) is 32.6 Å². The topological polar surface area (TPSA) is 108 Å². The molecule has 2 heterocycles. The first-order chi connectivity index (χ1) is 22.7. The number of aromatic nitrogens is 2. The number of aliphatic hydroxyl groups is 1. The molecule has 0 bridgehead atoms. The molecule has 2 amide bonds. The van der Waals surface area contributed by atoms with Crippen molar-refractivity contribution in [3.63, 3.8) is 0 Å². The second-order valence-electron chi connectivity index (χ2n) is 11.8. The number of fused-ring (bicyclic) bond motifs is 1. The summed E-state index contributed by atoms with van der Waals surface area (Å²) in [5.74, 6) is -0.0763. The molecule has 0 aliphatic carbocycles. The average Bonchev–Trinajstić information content (AvgIpc) is 3.48. The molecule has 252 valence electrons. The van der Waals surface area contributed by atoms with E-state index in [4.69, 9.17) is 4.74 Å². The van der Waals surface area contributed by atoms with Crippen LogP contribution in [0.15, 0.2) is 91.1 Å². The maximum Gasteiger partial charge on any atom is 0.407 e. The number of amides is 2. The van der Waals surface area contributed by atoms with Gasteiger partial charge in [0.05, 0.1) is 28.1 Å². The van der Waals surface area contributed by atoms with Gasteiger partial charge in [-0.3, -0.25) is 19.6 Å². The van der Waals surface area contributed by atoms with E-state index in [1.807, 2.05) is 92.7 Å². The van der Waals surface area contributed by atoms with Gasteiger partial charge in [-0.25, -0.2) is 9.78 Å². The number of nitrogens with one attached hydrogen (secondary N) is 1. The molecule has 2 unspecified atom stereocenters. The summed E-state index contributed by atoms with van der Waals surface area (Å²) in [6.07, 6.45) is 0.684. The van der Waals surface area contributed by atoms with Crippen molar-refractivity contribution in [2.45, 2.75) is 59.0 Å². The van der Waals surface area contributed by atoms with Crippen LogP contribution in [0.2, 0.25) is 0 Å². The van der Waals surface area contributed by atoms with Crippen LogP contribution < -0.4 is 10.2 Å². The zero-order valence-corrected chi connectivity index (χ0v) is 29.5. The minimum Gasteiger partial charge on any atom is -0.445 e. The van der Waals surface area contributed by atoms with Crippen molar-refractivity contribution in [1.82, 2.24) is 20.2 Å². The summed E-state index contributed by atoms with van der Waals surface area (Å²) in [6, 6.07) is 27.0. The third-order valence-corrected chi connectivity index (χ3v) is 9.32. The first-order valence-electron chi connectivity index (χ1n) is 15.6. The molecule has 9 nitrogen and oxygen atoms in total. The Labute approximate surface area is 293 Å². The molecule has 2 N–H and O–H groups in total. The normalized spacial score (nSPS) is 12.3. The largest absolute Gasteiger partial charge is 0.445 e. The summed E-state index contributed by atoms with van der Waals surface area (Å²) in [5, 5.41) is 15.3. The van der Waals surface area contributed by atoms with Gasteiger partial charge in [0, 0.05) is 39.8 Å². The van der Waals surface area contributed by atoms with Crippen LogP contribution in [0.3, 0.4) is 0 Å². The van der Waals surface area contributed by atoms with E-state index in [0.29, 0.717) is 24.6 Å². The van der Waals surface area contributed by atoms with Gasteiger partial charge in [-0.1, -0.05) is 72.0 Å². The summed E-state index contributed by atoms with van der Waals surface area (Å²) in [4.78, 5) is 37.8. The lowest BCUT2D eigenvalue weighted by atomic mass is 10.0. The van der Waals surface area contributed by atoms with E-state index in [0.717, 1.165) is 43.7 Å².